The van der Waals surface area contributed by atoms with Crippen LogP contribution in [0.15, 0.2) is 35.1 Å². The summed E-state index contributed by atoms with van der Waals surface area (Å²) in [5.74, 6) is 1.49. The number of aromatic amines is 1. The van der Waals surface area contributed by atoms with Crippen molar-refractivity contribution in [1.29, 1.82) is 0 Å². The van der Waals surface area contributed by atoms with Gasteiger partial charge in [-0.15, -0.1) is 0 Å². The normalized spacial score (nSPS) is 19.6. The Morgan fingerprint density at radius 3 is 3.05 bits per heavy atom. The monoisotopic (exact) mass is 271 g/mol. The Morgan fingerprint density at radius 1 is 1.40 bits per heavy atom. The number of nitrogens with one attached hydrogen (secondary N) is 2. The van der Waals surface area contributed by atoms with Gasteiger partial charge in [-0.1, -0.05) is 25.1 Å². The van der Waals surface area contributed by atoms with E-state index < -0.39 is 0 Å². The molecule has 1 fully saturated rings. The second-order valence-corrected chi connectivity index (χ2v) is 5.53. The van der Waals surface area contributed by atoms with Gasteiger partial charge in [0.15, 0.2) is 0 Å². The zero-order chi connectivity index (χ0) is 13.9. The fourth-order valence-electron chi connectivity index (χ4n) is 2.93. The van der Waals surface area contributed by atoms with E-state index in [0.29, 0.717) is 5.92 Å². The molecule has 3 rings (SSSR count). The predicted molar refractivity (Wildman–Crippen MR) is 83.3 cm³/mol. The SMILES string of the molecule is CCN1CCC(CNc2cc3ccccc3c(=O)[nH]2)C1. The van der Waals surface area contributed by atoms with E-state index in [0.717, 1.165) is 36.2 Å². The standard InChI is InChI=1S/C16H21N3O/c1-2-19-8-7-12(11-19)10-17-15-9-13-5-3-4-6-14(13)16(20)18-15/h3-6,9,12H,2,7-8,10-11H2,1H3,(H2,17,18,20). The molecule has 1 unspecified atom stereocenters. The number of fused-ring (bicyclic) bond motifs is 1. The van der Waals surface area contributed by atoms with Crippen molar-refractivity contribution in [3.8, 4) is 0 Å². The molecular weight excluding hydrogens is 250 g/mol. The molecule has 1 aromatic carbocycles. The molecule has 0 saturated carbocycles. The van der Waals surface area contributed by atoms with Crippen molar-refractivity contribution in [2.24, 2.45) is 5.92 Å². The molecule has 0 radical (unpaired) electrons. The Kier molecular flexibility index (Phi) is 3.74. The lowest BCUT2D eigenvalue weighted by molar-refractivity contribution is 0.345. The molecule has 2 aromatic rings. The van der Waals surface area contributed by atoms with Gasteiger partial charge >= 0.3 is 0 Å². The molecule has 1 aromatic heterocycles. The van der Waals surface area contributed by atoms with Gasteiger partial charge in [-0.3, -0.25) is 4.79 Å². The molecule has 1 saturated heterocycles. The Morgan fingerprint density at radius 2 is 2.25 bits per heavy atom. The molecule has 0 spiro atoms. The number of benzene rings is 1. The summed E-state index contributed by atoms with van der Waals surface area (Å²) < 4.78 is 0. The molecule has 20 heavy (non-hydrogen) atoms. The first kappa shape index (κ1) is 13.2. The van der Waals surface area contributed by atoms with Gasteiger partial charge in [0, 0.05) is 18.5 Å². The number of hydrogen-bond acceptors (Lipinski definition) is 3. The van der Waals surface area contributed by atoms with Gasteiger partial charge in [-0.25, -0.2) is 0 Å². The van der Waals surface area contributed by atoms with Gasteiger partial charge < -0.3 is 15.2 Å². The fraction of sp³-hybridized carbons (Fsp3) is 0.438. The second kappa shape index (κ2) is 5.67. The van der Waals surface area contributed by atoms with Gasteiger partial charge in [-0.2, -0.15) is 0 Å². The molecule has 2 N–H and O–H groups in total. The lowest BCUT2D eigenvalue weighted by atomic mass is 10.1. The van der Waals surface area contributed by atoms with Gasteiger partial charge in [-0.05, 0) is 42.9 Å². The first-order chi connectivity index (χ1) is 9.76. The smallest absolute Gasteiger partial charge is 0.257 e. The first-order valence-electron chi connectivity index (χ1n) is 7.34. The second-order valence-electron chi connectivity index (χ2n) is 5.53. The maximum absolute atomic E-state index is 12.0. The summed E-state index contributed by atoms with van der Waals surface area (Å²) in [6, 6.07) is 9.70. The zero-order valence-electron chi connectivity index (χ0n) is 11.9. The summed E-state index contributed by atoms with van der Waals surface area (Å²) in [4.78, 5) is 17.4. The molecule has 106 valence electrons. The summed E-state index contributed by atoms with van der Waals surface area (Å²) in [5, 5.41) is 5.11. The van der Waals surface area contributed by atoms with Gasteiger partial charge in [0.2, 0.25) is 0 Å². The van der Waals surface area contributed by atoms with E-state index in [4.69, 9.17) is 0 Å². The van der Waals surface area contributed by atoms with Crippen LogP contribution in [-0.4, -0.2) is 36.1 Å². The van der Waals surface area contributed by atoms with Crippen LogP contribution in [0.4, 0.5) is 5.82 Å². The third kappa shape index (κ3) is 2.70. The van der Waals surface area contributed by atoms with Crippen molar-refractivity contribution in [2.75, 3.05) is 31.5 Å². The van der Waals surface area contributed by atoms with E-state index in [1.807, 2.05) is 30.3 Å². The average Bonchev–Trinajstić information content (AvgIpc) is 2.93. The number of H-pyrrole nitrogens is 1. The van der Waals surface area contributed by atoms with Crippen LogP contribution in [0.5, 0.6) is 0 Å². The highest BCUT2D eigenvalue weighted by Crippen LogP contribution is 2.17. The van der Waals surface area contributed by atoms with Crippen LogP contribution in [0.1, 0.15) is 13.3 Å². The van der Waals surface area contributed by atoms with Gasteiger partial charge in [0.05, 0.1) is 0 Å². The minimum atomic E-state index is -0.0211. The number of likely N-dealkylation sites (tertiary alicyclic amines) is 1. The average molecular weight is 271 g/mol. The zero-order valence-corrected chi connectivity index (χ0v) is 11.9. The number of anilines is 1. The van der Waals surface area contributed by atoms with Crippen LogP contribution in [0, 0.1) is 5.92 Å². The van der Waals surface area contributed by atoms with E-state index in [9.17, 15) is 4.79 Å². The molecule has 0 amide bonds. The Balaban J connectivity index is 1.70. The number of aromatic nitrogens is 1. The highest BCUT2D eigenvalue weighted by molar-refractivity contribution is 5.83. The van der Waals surface area contributed by atoms with Crippen LogP contribution < -0.4 is 10.9 Å². The predicted octanol–water partition coefficient (Wildman–Crippen LogP) is 2.28. The summed E-state index contributed by atoms with van der Waals surface area (Å²) >= 11 is 0. The number of rotatable bonds is 4. The molecule has 4 nitrogen and oxygen atoms in total. The maximum Gasteiger partial charge on any atom is 0.257 e. The Bertz CT molecular complexity index is 649. The van der Waals surface area contributed by atoms with Crippen molar-refractivity contribution < 1.29 is 0 Å². The topological polar surface area (TPSA) is 48.1 Å². The van der Waals surface area contributed by atoms with Gasteiger partial charge in [0.1, 0.15) is 5.82 Å². The van der Waals surface area contributed by atoms with E-state index in [-0.39, 0.29) is 5.56 Å². The van der Waals surface area contributed by atoms with Gasteiger partial charge in [0.25, 0.3) is 5.56 Å². The first-order valence-corrected chi connectivity index (χ1v) is 7.34. The fourth-order valence-corrected chi connectivity index (χ4v) is 2.93. The van der Waals surface area contributed by atoms with Crippen LogP contribution >= 0.6 is 0 Å². The van der Waals surface area contributed by atoms with E-state index in [1.165, 1.54) is 13.0 Å². The molecule has 1 atom stereocenters. The summed E-state index contributed by atoms with van der Waals surface area (Å²) in [7, 11) is 0. The van der Waals surface area contributed by atoms with E-state index in [2.05, 4.69) is 22.1 Å². The minimum Gasteiger partial charge on any atom is -0.371 e. The third-order valence-electron chi connectivity index (χ3n) is 4.15. The minimum absolute atomic E-state index is 0.0211. The Hall–Kier alpha value is -1.81. The quantitative estimate of drug-likeness (QED) is 0.897. The lowest BCUT2D eigenvalue weighted by Gasteiger charge is -2.14. The number of pyridine rings is 1. The van der Waals surface area contributed by atoms with Crippen LogP contribution in [-0.2, 0) is 0 Å². The Labute approximate surface area is 118 Å². The molecule has 0 bridgehead atoms. The van der Waals surface area contributed by atoms with E-state index in [1.54, 1.807) is 0 Å². The number of hydrogen-bond donors (Lipinski definition) is 2. The summed E-state index contributed by atoms with van der Waals surface area (Å²) in [5.41, 5.74) is -0.0211. The maximum atomic E-state index is 12.0. The van der Waals surface area contributed by atoms with Crippen molar-refractivity contribution in [1.82, 2.24) is 9.88 Å². The lowest BCUT2D eigenvalue weighted by Crippen LogP contribution is -2.23. The summed E-state index contributed by atoms with van der Waals surface area (Å²) in [6.45, 7) is 6.60. The largest absolute Gasteiger partial charge is 0.371 e. The highest BCUT2D eigenvalue weighted by Gasteiger charge is 2.20. The van der Waals surface area contributed by atoms with E-state index >= 15 is 0 Å². The molecule has 4 heteroatoms. The molecule has 2 heterocycles. The van der Waals surface area contributed by atoms with Crippen molar-refractivity contribution >= 4 is 16.6 Å². The van der Waals surface area contributed by atoms with Crippen molar-refractivity contribution in [3.05, 3.63) is 40.7 Å². The number of nitrogens with zero attached hydrogens (tertiary/aromatic N) is 1. The van der Waals surface area contributed by atoms with Crippen LogP contribution in [0.25, 0.3) is 10.8 Å². The summed E-state index contributed by atoms with van der Waals surface area (Å²) in [6.07, 6.45) is 1.23. The molecule has 1 aliphatic heterocycles. The van der Waals surface area contributed by atoms with Crippen LogP contribution in [0.2, 0.25) is 0 Å². The molecular formula is C16H21N3O. The van der Waals surface area contributed by atoms with Crippen LogP contribution in [0.3, 0.4) is 0 Å². The molecule has 1 aliphatic rings. The molecule has 0 aliphatic carbocycles. The third-order valence-corrected chi connectivity index (χ3v) is 4.15. The van der Waals surface area contributed by atoms with Crippen molar-refractivity contribution in [2.45, 2.75) is 13.3 Å². The van der Waals surface area contributed by atoms with Crippen molar-refractivity contribution in [3.63, 3.8) is 0 Å². The highest BCUT2D eigenvalue weighted by atomic mass is 16.1.